The number of sulfonamides is 1. The molecule has 1 aromatic rings. The average Bonchev–Trinajstić information content (AvgIpc) is 3.11. The number of carbonyl (C=O) groups is 1. The summed E-state index contributed by atoms with van der Waals surface area (Å²) >= 11 is 0. The largest absolute Gasteiger partial charge is 0.388 e. The van der Waals surface area contributed by atoms with E-state index in [1.54, 1.807) is 22.3 Å². The highest BCUT2D eigenvalue weighted by Gasteiger charge is 2.45. The minimum Gasteiger partial charge on any atom is -0.388 e. The van der Waals surface area contributed by atoms with E-state index in [1.807, 2.05) is 0 Å². The van der Waals surface area contributed by atoms with Gasteiger partial charge in [-0.1, -0.05) is 0 Å². The molecule has 10 nitrogen and oxygen atoms in total. The Hall–Kier alpha value is -1.82. The summed E-state index contributed by atoms with van der Waals surface area (Å²) in [5.74, 6) is 1.06. The topological polar surface area (TPSA) is 119 Å². The highest BCUT2D eigenvalue weighted by molar-refractivity contribution is 7.89. The molecule has 2 unspecified atom stereocenters. The first-order valence-corrected chi connectivity index (χ1v) is 14.5. The van der Waals surface area contributed by atoms with Crippen molar-refractivity contribution >= 4 is 27.7 Å². The van der Waals surface area contributed by atoms with Crippen LogP contribution in [-0.4, -0.2) is 93.8 Å². The molecule has 2 saturated heterocycles. The number of aryl methyl sites for hydroxylation is 1. The lowest BCUT2D eigenvalue weighted by Gasteiger charge is -2.44. The molecule has 0 spiro atoms. The number of nitrogens with one attached hydrogen (secondary N) is 1. The van der Waals surface area contributed by atoms with Gasteiger partial charge in [-0.05, 0) is 59.3 Å². The Balaban J connectivity index is 1.23. The average molecular weight is 507 g/mol. The first-order chi connectivity index (χ1) is 16.6. The Labute approximate surface area is 208 Å². The molecule has 2 atom stereocenters. The van der Waals surface area contributed by atoms with Crippen LogP contribution in [0, 0.1) is 0 Å². The summed E-state index contributed by atoms with van der Waals surface area (Å²) in [6.45, 7) is 8.19. The molecule has 0 aromatic carbocycles. The Bertz CT molecular complexity index is 1060. The summed E-state index contributed by atoms with van der Waals surface area (Å²) in [4.78, 5) is 26.0. The zero-order valence-electron chi connectivity index (χ0n) is 21.0. The lowest BCUT2D eigenvalue weighted by atomic mass is 9.95. The molecule has 4 heterocycles. The molecule has 1 aromatic heterocycles. The van der Waals surface area contributed by atoms with Crippen LogP contribution in [0.15, 0.2) is 6.20 Å². The van der Waals surface area contributed by atoms with Gasteiger partial charge in [0.2, 0.25) is 21.9 Å². The van der Waals surface area contributed by atoms with Crippen LogP contribution in [-0.2, 0) is 21.2 Å². The molecule has 35 heavy (non-hydrogen) atoms. The predicted molar refractivity (Wildman–Crippen MR) is 134 cm³/mol. The fraction of sp³-hybridized carbons (Fsp3) is 0.792. The van der Waals surface area contributed by atoms with Crippen molar-refractivity contribution in [2.75, 3.05) is 36.4 Å². The molecule has 2 N–H and O–H groups in total. The van der Waals surface area contributed by atoms with Gasteiger partial charge in [0.1, 0.15) is 11.1 Å². The van der Waals surface area contributed by atoms with Crippen molar-refractivity contribution in [2.24, 2.45) is 0 Å². The second-order valence-corrected chi connectivity index (χ2v) is 13.3. The molecule has 1 saturated carbocycles. The van der Waals surface area contributed by atoms with Crippen molar-refractivity contribution in [3.05, 3.63) is 11.8 Å². The van der Waals surface area contributed by atoms with E-state index in [2.05, 4.69) is 29.0 Å². The first kappa shape index (κ1) is 24.9. The highest BCUT2D eigenvalue weighted by atomic mass is 32.2. The molecular weight excluding hydrogens is 468 g/mol. The zero-order valence-corrected chi connectivity index (χ0v) is 21.8. The van der Waals surface area contributed by atoms with Crippen LogP contribution in [0.4, 0.5) is 11.8 Å². The number of aromatic nitrogens is 2. The Kier molecular flexibility index (Phi) is 6.56. The maximum Gasteiger partial charge on any atom is 0.228 e. The van der Waals surface area contributed by atoms with Crippen LogP contribution < -0.4 is 10.2 Å². The number of hydrogen-bond acceptors (Lipinski definition) is 8. The summed E-state index contributed by atoms with van der Waals surface area (Å²) in [6, 6.07) is 0.165. The van der Waals surface area contributed by atoms with E-state index in [0.717, 1.165) is 18.4 Å². The Morgan fingerprint density at radius 2 is 1.89 bits per heavy atom. The summed E-state index contributed by atoms with van der Waals surface area (Å²) in [6.07, 6.45) is 6.46. The summed E-state index contributed by atoms with van der Waals surface area (Å²) in [5, 5.41) is 13.9. The summed E-state index contributed by atoms with van der Waals surface area (Å²) < 4.78 is 27.6. The van der Waals surface area contributed by atoms with Crippen molar-refractivity contribution in [3.8, 4) is 0 Å². The molecule has 1 aliphatic carbocycles. The van der Waals surface area contributed by atoms with E-state index < -0.39 is 15.6 Å². The van der Waals surface area contributed by atoms with Gasteiger partial charge >= 0.3 is 0 Å². The summed E-state index contributed by atoms with van der Waals surface area (Å²) in [5.41, 5.74) is 0.00280. The fourth-order valence-corrected chi connectivity index (χ4v) is 7.82. The number of amides is 1. The standard InChI is InChI=1S/C24H38N6O4S/c1-16(2)28-14-19(15-28)35(33,34)29-11-8-18(9-12-29)26-23-25-13-17-6-7-21(31)30(22(17)27-23)20-5-4-10-24(20,3)32/h13,16,18-20,32H,4-12,14-15H2,1-3H3,(H,25,26,27). The van der Waals surface area contributed by atoms with Gasteiger partial charge in [0, 0.05) is 56.4 Å². The molecular formula is C24H38N6O4S. The number of likely N-dealkylation sites (tertiary alicyclic amines) is 1. The maximum atomic E-state index is 13.0. The van der Waals surface area contributed by atoms with Gasteiger partial charge in [-0.2, -0.15) is 4.98 Å². The molecule has 5 rings (SSSR count). The number of anilines is 2. The van der Waals surface area contributed by atoms with Gasteiger partial charge in [-0.25, -0.2) is 17.7 Å². The van der Waals surface area contributed by atoms with Crippen LogP contribution in [0.5, 0.6) is 0 Å². The van der Waals surface area contributed by atoms with E-state index in [-0.39, 0.29) is 23.2 Å². The van der Waals surface area contributed by atoms with Crippen molar-refractivity contribution in [1.82, 2.24) is 19.2 Å². The van der Waals surface area contributed by atoms with Gasteiger partial charge in [0.25, 0.3) is 0 Å². The molecule has 1 amide bonds. The fourth-order valence-electron chi connectivity index (χ4n) is 5.92. The number of piperidine rings is 1. The minimum absolute atomic E-state index is 0.000124. The normalized spacial score (nSPS) is 29.5. The molecule has 4 aliphatic rings. The monoisotopic (exact) mass is 506 g/mol. The van der Waals surface area contributed by atoms with E-state index in [9.17, 15) is 18.3 Å². The van der Waals surface area contributed by atoms with Crippen LogP contribution in [0.25, 0.3) is 0 Å². The van der Waals surface area contributed by atoms with Gasteiger partial charge in [-0.15, -0.1) is 0 Å². The molecule has 194 valence electrons. The zero-order chi connectivity index (χ0) is 25.0. The van der Waals surface area contributed by atoms with Crippen molar-refractivity contribution in [1.29, 1.82) is 0 Å². The number of carbonyl (C=O) groups excluding carboxylic acids is 1. The second-order valence-electron chi connectivity index (χ2n) is 11.1. The van der Waals surface area contributed by atoms with Crippen molar-refractivity contribution in [3.63, 3.8) is 0 Å². The third-order valence-electron chi connectivity index (χ3n) is 8.31. The molecule has 11 heteroatoms. The smallest absolute Gasteiger partial charge is 0.228 e. The van der Waals surface area contributed by atoms with Gasteiger partial charge in [0.15, 0.2) is 0 Å². The Morgan fingerprint density at radius 3 is 2.51 bits per heavy atom. The third-order valence-corrected chi connectivity index (χ3v) is 10.5. The number of rotatable bonds is 6. The number of aliphatic hydroxyl groups is 1. The van der Waals surface area contributed by atoms with E-state index in [4.69, 9.17) is 4.98 Å². The lowest BCUT2D eigenvalue weighted by Crippen LogP contribution is -2.61. The number of nitrogens with zero attached hydrogens (tertiary/aromatic N) is 5. The van der Waals surface area contributed by atoms with E-state index in [1.165, 1.54) is 0 Å². The number of hydrogen-bond donors (Lipinski definition) is 2. The molecule has 3 aliphatic heterocycles. The van der Waals surface area contributed by atoms with Gasteiger partial charge in [-0.3, -0.25) is 14.6 Å². The van der Waals surface area contributed by atoms with Crippen LogP contribution >= 0.6 is 0 Å². The van der Waals surface area contributed by atoms with Gasteiger partial charge in [0.05, 0.1) is 11.6 Å². The van der Waals surface area contributed by atoms with Gasteiger partial charge < -0.3 is 10.4 Å². The summed E-state index contributed by atoms with van der Waals surface area (Å²) in [7, 11) is -3.27. The van der Waals surface area contributed by atoms with Crippen LogP contribution in [0.3, 0.4) is 0 Å². The highest BCUT2D eigenvalue weighted by Crippen LogP contribution is 2.39. The van der Waals surface area contributed by atoms with E-state index >= 15 is 0 Å². The number of fused-ring (bicyclic) bond motifs is 1. The van der Waals surface area contributed by atoms with Crippen LogP contribution in [0.2, 0.25) is 0 Å². The molecule has 0 radical (unpaired) electrons. The quantitative estimate of drug-likeness (QED) is 0.594. The minimum atomic E-state index is -3.27. The lowest BCUT2D eigenvalue weighted by molar-refractivity contribution is -0.120. The van der Waals surface area contributed by atoms with Crippen LogP contribution in [0.1, 0.15) is 64.9 Å². The van der Waals surface area contributed by atoms with Crippen molar-refractivity contribution in [2.45, 2.75) is 94.7 Å². The molecule has 0 bridgehead atoms. The van der Waals surface area contributed by atoms with Crippen molar-refractivity contribution < 1.29 is 18.3 Å². The SMILES string of the molecule is CC(C)N1CC(S(=O)(=O)N2CCC(Nc3ncc4c(n3)N(C3CCCC3(C)O)C(=O)CC4)CC2)C1. The maximum absolute atomic E-state index is 13.0. The first-order valence-electron chi connectivity index (χ1n) is 13.0. The van der Waals surface area contributed by atoms with E-state index in [0.29, 0.717) is 76.1 Å². The predicted octanol–water partition coefficient (Wildman–Crippen LogP) is 1.36. The second kappa shape index (κ2) is 9.24. The Morgan fingerprint density at radius 1 is 1.17 bits per heavy atom. The third kappa shape index (κ3) is 4.68. The molecule has 3 fully saturated rings.